The maximum absolute atomic E-state index is 11.7. The van der Waals surface area contributed by atoms with Gasteiger partial charge in [0.15, 0.2) is 5.11 Å². The van der Waals surface area contributed by atoms with Crippen molar-refractivity contribution in [3.63, 3.8) is 0 Å². The molecule has 0 aromatic carbocycles. The molecule has 2 atom stereocenters. The van der Waals surface area contributed by atoms with Gasteiger partial charge in [0, 0.05) is 6.04 Å². The summed E-state index contributed by atoms with van der Waals surface area (Å²) < 4.78 is 9.22. The summed E-state index contributed by atoms with van der Waals surface area (Å²) in [5.74, 6) is 0.609. The molecule has 2 rings (SSSR count). The van der Waals surface area contributed by atoms with E-state index in [4.69, 9.17) is 17.0 Å². The monoisotopic (exact) mass is 397 g/mol. The first-order chi connectivity index (χ1) is 12.4. The highest BCUT2D eigenvalue weighted by atomic mass is 32.1. The van der Waals surface area contributed by atoms with E-state index in [1.165, 1.54) is 30.8 Å². The van der Waals surface area contributed by atoms with E-state index >= 15 is 0 Å². The number of nitrogens with zero attached hydrogens (tertiary/aromatic N) is 2. The fourth-order valence-electron chi connectivity index (χ4n) is 3.06. The summed E-state index contributed by atoms with van der Waals surface area (Å²) in [5, 5.41) is 11.6. The van der Waals surface area contributed by atoms with Crippen molar-refractivity contribution in [3.8, 4) is 0 Å². The molecule has 0 bridgehead atoms. The second kappa shape index (κ2) is 9.82. The van der Waals surface area contributed by atoms with Gasteiger partial charge in [-0.1, -0.05) is 19.8 Å². The summed E-state index contributed by atoms with van der Waals surface area (Å²) in [7, 11) is 0. The number of aromatic nitrogens is 1. The molecule has 1 aromatic heterocycles. The molecule has 0 radical (unpaired) electrons. The standard InChI is InChI=1S/C17H27N5O2S2/c1-5-24-17(23)19-15-14(12(4)22-26-15)11(3)20-21-16(25)18-13-9-7-6-8-10(13)2/h10,13H,5-9H2,1-4H3,(H,19,23)(H2,18,21,25)/b20-11+/t10-,13+/m1/s1. The molecule has 144 valence electrons. The highest BCUT2D eigenvalue weighted by molar-refractivity contribution is 7.80. The van der Waals surface area contributed by atoms with Crippen LogP contribution in [0.1, 0.15) is 57.7 Å². The van der Waals surface area contributed by atoms with Gasteiger partial charge in [-0.3, -0.25) is 10.7 Å². The van der Waals surface area contributed by atoms with E-state index in [-0.39, 0.29) is 0 Å². The first-order valence-electron chi connectivity index (χ1n) is 8.93. The van der Waals surface area contributed by atoms with Crippen LogP contribution in [0.3, 0.4) is 0 Å². The molecule has 26 heavy (non-hydrogen) atoms. The summed E-state index contributed by atoms with van der Waals surface area (Å²) in [4.78, 5) is 11.7. The number of aryl methyl sites for hydroxylation is 1. The van der Waals surface area contributed by atoms with Crippen molar-refractivity contribution < 1.29 is 9.53 Å². The van der Waals surface area contributed by atoms with Crippen molar-refractivity contribution in [2.24, 2.45) is 11.0 Å². The molecule has 1 saturated carbocycles. The van der Waals surface area contributed by atoms with Crippen molar-refractivity contribution in [1.29, 1.82) is 0 Å². The molecule has 1 fully saturated rings. The summed E-state index contributed by atoms with van der Waals surface area (Å²) in [6.07, 6.45) is 4.38. The van der Waals surface area contributed by atoms with Crippen LogP contribution in [0, 0.1) is 12.8 Å². The van der Waals surface area contributed by atoms with Gasteiger partial charge in [-0.15, -0.1) is 0 Å². The fraction of sp³-hybridized carbons (Fsp3) is 0.647. The average molecular weight is 398 g/mol. The third kappa shape index (κ3) is 5.63. The smallest absolute Gasteiger partial charge is 0.412 e. The third-order valence-electron chi connectivity index (χ3n) is 4.47. The SMILES string of the molecule is CCOC(=O)Nc1snc(C)c1/C(C)=N/NC(=S)N[C@H]1CCCC[C@H]1C. The molecule has 0 unspecified atom stereocenters. The van der Waals surface area contributed by atoms with Crippen LogP contribution < -0.4 is 16.1 Å². The molecule has 1 aromatic rings. The number of hydrogen-bond donors (Lipinski definition) is 3. The fourth-order valence-corrected chi connectivity index (χ4v) is 4.10. The zero-order chi connectivity index (χ0) is 19.1. The van der Waals surface area contributed by atoms with Gasteiger partial charge in [0.05, 0.1) is 23.6 Å². The van der Waals surface area contributed by atoms with Crippen LogP contribution in [0.15, 0.2) is 5.10 Å². The Morgan fingerprint density at radius 1 is 1.42 bits per heavy atom. The zero-order valence-corrected chi connectivity index (χ0v) is 17.4. The Morgan fingerprint density at radius 3 is 2.85 bits per heavy atom. The minimum absolute atomic E-state index is 0.313. The van der Waals surface area contributed by atoms with Crippen LogP contribution in [0.25, 0.3) is 0 Å². The second-order valence-corrected chi connectivity index (χ2v) is 7.65. The van der Waals surface area contributed by atoms with Gasteiger partial charge < -0.3 is 10.1 Å². The van der Waals surface area contributed by atoms with Crippen molar-refractivity contribution in [1.82, 2.24) is 15.1 Å². The first kappa shape index (κ1) is 20.6. The second-order valence-electron chi connectivity index (χ2n) is 6.47. The van der Waals surface area contributed by atoms with E-state index in [1.54, 1.807) is 6.92 Å². The Balaban J connectivity index is 1.99. The molecule has 9 heteroatoms. The third-order valence-corrected chi connectivity index (χ3v) is 5.53. The molecular weight excluding hydrogens is 370 g/mol. The molecule has 1 aliphatic rings. The van der Waals surface area contributed by atoms with Crippen LogP contribution in [0.5, 0.6) is 0 Å². The number of carbonyl (C=O) groups excluding carboxylic acids is 1. The number of anilines is 1. The largest absolute Gasteiger partial charge is 0.450 e. The van der Waals surface area contributed by atoms with Gasteiger partial charge in [-0.2, -0.15) is 9.47 Å². The van der Waals surface area contributed by atoms with Gasteiger partial charge in [0.2, 0.25) is 0 Å². The number of amides is 1. The highest BCUT2D eigenvalue weighted by Gasteiger charge is 2.22. The Hall–Kier alpha value is -1.74. The van der Waals surface area contributed by atoms with E-state index < -0.39 is 6.09 Å². The molecule has 7 nitrogen and oxygen atoms in total. The number of rotatable bonds is 5. The van der Waals surface area contributed by atoms with E-state index in [9.17, 15) is 4.79 Å². The van der Waals surface area contributed by atoms with E-state index in [1.807, 2.05) is 13.8 Å². The Kier molecular flexibility index (Phi) is 7.77. The van der Waals surface area contributed by atoms with E-state index in [0.717, 1.165) is 17.7 Å². The lowest BCUT2D eigenvalue weighted by molar-refractivity contribution is 0.168. The van der Waals surface area contributed by atoms with Gasteiger partial charge in [0.1, 0.15) is 5.00 Å². The van der Waals surface area contributed by atoms with Gasteiger partial charge in [0.25, 0.3) is 0 Å². The summed E-state index contributed by atoms with van der Waals surface area (Å²) in [6.45, 7) is 8.05. The maximum atomic E-state index is 11.7. The van der Waals surface area contributed by atoms with Crippen molar-refractivity contribution in [2.45, 2.75) is 59.4 Å². The van der Waals surface area contributed by atoms with Crippen LogP contribution in [-0.2, 0) is 4.74 Å². The predicted molar refractivity (Wildman–Crippen MR) is 110 cm³/mol. The molecular formula is C17H27N5O2S2. The summed E-state index contributed by atoms with van der Waals surface area (Å²) in [6, 6.07) is 0.393. The lowest BCUT2D eigenvalue weighted by Crippen LogP contribution is -2.44. The molecule has 0 saturated heterocycles. The molecule has 1 aliphatic carbocycles. The van der Waals surface area contributed by atoms with Gasteiger partial charge in [-0.05, 0) is 63.3 Å². The Bertz CT molecular complexity index is 674. The van der Waals surface area contributed by atoms with Crippen LogP contribution in [0.2, 0.25) is 0 Å². The van der Waals surface area contributed by atoms with Gasteiger partial charge in [-0.25, -0.2) is 4.79 Å². The molecule has 1 heterocycles. The summed E-state index contributed by atoms with van der Waals surface area (Å²) >= 11 is 6.58. The lowest BCUT2D eigenvalue weighted by atomic mass is 9.86. The van der Waals surface area contributed by atoms with Crippen LogP contribution >= 0.6 is 23.8 Å². The Morgan fingerprint density at radius 2 is 2.15 bits per heavy atom. The normalized spacial score (nSPS) is 20.4. The van der Waals surface area contributed by atoms with Crippen molar-refractivity contribution in [3.05, 3.63) is 11.3 Å². The molecule has 0 spiro atoms. The zero-order valence-electron chi connectivity index (χ0n) is 15.7. The number of nitrogens with one attached hydrogen (secondary N) is 3. The average Bonchev–Trinajstić information content (AvgIpc) is 2.95. The first-order valence-corrected chi connectivity index (χ1v) is 10.1. The van der Waals surface area contributed by atoms with E-state index in [2.05, 4.69) is 32.5 Å². The molecule has 0 aliphatic heterocycles. The number of ether oxygens (including phenoxy) is 1. The van der Waals surface area contributed by atoms with Crippen molar-refractivity contribution in [2.75, 3.05) is 11.9 Å². The van der Waals surface area contributed by atoms with Crippen molar-refractivity contribution >= 4 is 45.7 Å². The number of hydrogen-bond acceptors (Lipinski definition) is 6. The van der Waals surface area contributed by atoms with E-state index in [0.29, 0.717) is 34.4 Å². The van der Waals surface area contributed by atoms with Crippen LogP contribution in [-0.4, -0.2) is 33.9 Å². The topological polar surface area (TPSA) is 87.6 Å². The summed E-state index contributed by atoms with van der Waals surface area (Å²) in [5.41, 5.74) is 5.19. The minimum Gasteiger partial charge on any atom is -0.450 e. The Labute approximate surface area is 164 Å². The maximum Gasteiger partial charge on any atom is 0.412 e. The molecule has 1 amide bonds. The highest BCUT2D eigenvalue weighted by Crippen LogP contribution is 2.26. The minimum atomic E-state index is -0.498. The number of hydrazone groups is 1. The number of thiocarbonyl (C=S) groups is 1. The quantitative estimate of drug-likeness (QED) is 0.398. The number of carbonyl (C=O) groups is 1. The lowest BCUT2D eigenvalue weighted by Gasteiger charge is -2.30. The predicted octanol–water partition coefficient (Wildman–Crippen LogP) is 3.79. The molecule has 3 N–H and O–H groups in total. The van der Waals surface area contributed by atoms with Crippen LogP contribution in [0.4, 0.5) is 9.80 Å². The van der Waals surface area contributed by atoms with Gasteiger partial charge >= 0.3 is 6.09 Å².